The molecule has 0 aliphatic rings. The summed E-state index contributed by atoms with van der Waals surface area (Å²) in [5, 5.41) is 8.72. The fraction of sp³-hybridized carbons (Fsp3) is 0.267. The van der Waals surface area contributed by atoms with Gasteiger partial charge in [-0.05, 0) is 31.2 Å². The summed E-state index contributed by atoms with van der Waals surface area (Å²) >= 11 is 0. The van der Waals surface area contributed by atoms with E-state index in [1.165, 1.54) is 12.1 Å². The Bertz CT molecular complexity index is 706. The van der Waals surface area contributed by atoms with E-state index < -0.39 is 5.91 Å². The molecule has 1 amide bonds. The monoisotopic (exact) mass is 303 g/mol. The Morgan fingerprint density at radius 3 is 2.59 bits per heavy atom. The highest BCUT2D eigenvalue weighted by Crippen LogP contribution is 2.29. The van der Waals surface area contributed by atoms with Crippen LogP contribution in [0.2, 0.25) is 0 Å². The molecule has 0 saturated heterocycles. The Labute approximate surface area is 127 Å². The van der Waals surface area contributed by atoms with Gasteiger partial charge in [-0.3, -0.25) is 9.59 Å². The number of H-pyrrole nitrogens is 1. The first-order valence-corrected chi connectivity index (χ1v) is 6.63. The minimum atomic E-state index is -0.395. The van der Waals surface area contributed by atoms with Crippen LogP contribution in [-0.2, 0) is 0 Å². The molecule has 2 aromatic rings. The molecule has 0 aliphatic carbocycles. The van der Waals surface area contributed by atoms with Crippen LogP contribution in [0.25, 0.3) is 0 Å². The predicted octanol–water partition coefficient (Wildman–Crippen LogP) is 1.28. The molecular formula is C15H17N3O4. The first-order chi connectivity index (χ1) is 10.5. The van der Waals surface area contributed by atoms with Crippen LogP contribution in [0, 0.1) is 0 Å². The molecule has 1 aromatic heterocycles. The maximum Gasteiger partial charge on any atom is 0.272 e. The summed E-state index contributed by atoms with van der Waals surface area (Å²) in [4.78, 5) is 23.1. The Hall–Kier alpha value is -2.83. The van der Waals surface area contributed by atoms with Crippen LogP contribution in [0.4, 0.5) is 0 Å². The van der Waals surface area contributed by atoms with Gasteiger partial charge in [0.25, 0.3) is 11.5 Å². The summed E-state index contributed by atoms with van der Waals surface area (Å²) in [6.45, 7) is 1.82. The van der Waals surface area contributed by atoms with Crippen molar-refractivity contribution < 1.29 is 14.3 Å². The zero-order valence-corrected chi connectivity index (χ0v) is 12.5. The average Bonchev–Trinajstić information content (AvgIpc) is 2.54. The number of hydrogen-bond donors (Lipinski definition) is 2. The Kier molecular flexibility index (Phi) is 4.77. The molecule has 22 heavy (non-hydrogen) atoms. The molecule has 1 aromatic carbocycles. The van der Waals surface area contributed by atoms with Crippen LogP contribution in [0.3, 0.4) is 0 Å². The normalized spacial score (nSPS) is 11.6. The summed E-state index contributed by atoms with van der Waals surface area (Å²) in [6, 6.07) is 7.63. The standard InChI is InChI=1S/C15H17N3O4/c1-9(11-8-10(21-2)4-6-13(11)22-3)16-15(20)12-5-7-14(19)18-17-12/h4-9H,1-3H3,(H,16,20)(H,18,19)/t9-/m1/s1. The number of nitrogens with one attached hydrogen (secondary N) is 2. The lowest BCUT2D eigenvalue weighted by Crippen LogP contribution is -2.28. The molecule has 1 atom stereocenters. The second-order valence-electron chi connectivity index (χ2n) is 4.61. The number of amides is 1. The number of aromatic amines is 1. The third kappa shape index (κ3) is 3.43. The van der Waals surface area contributed by atoms with E-state index in [2.05, 4.69) is 15.5 Å². The van der Waals surface area contributed by atoms with Gasteiger partial charge in [-0.25, -0.2) is 5.10 Å². The van der Waals surface area contributed by atoms with Gasteiger partial charge in [0.15, 0.2) is 0 Å². The fourth-order valence-corrected chi connectivity index (χ4v) is 2.00. The Morgan fingerprint density at radius 1 is 1.23 bits per heavy atom. The highest BCUT2D eigenvalue weighted by Gasteiger charge is 2.17. The third-order valence-electron chi connectivity index (χ3n) is 3.16. The number of aromatic nitrogens is 2. The third-order valence-corrected chi connectivity index (χ3v) is 3.16. The lowest BCUT2D eigenvalue weighted by Gasteiger charge is -2.18. The van der Waals surface area contributed by atoms with Crippen molar-refractivity contribution in [3.63, 3.8) is 0 Å². The number of rotatable bonds is 5. The molecule has 2 rings (SSSR count). The molecule has 0 bridgehead atoms. The number of nitrogens with zero attached hydrogens (tertiary/aromatic N) is 1. The highest BCUT2D eigenvalue weighted by molar-refractivity contribution is 5.92. The second kappa shape index (κ2) is 6.75. The zero-order valence-electron chi connectivity index (χ0n) is 12.5. The lowest BCUT2D eigenvalue weighted by molar-refractivity contribution is 0.0933. The number of methoxy groups -OCH3 is 2. The van der Waals surface area contributed by atoms with Gasteiger partial charge in [0.2, 0.25) is 0 Å². The number of carbonyl (C=O) groups is 1. The SMILES string of the molecule is COc1ccc(OC)c([C@@H](C)NC(=O)c2ccc(=O)[nH]n2)c1. The van der Waals surface area contributed by atoms with E-state index in [1.54, 1.807) is 32.4 Å². The summed E-state index contributed by atoms with van der Waals surface area (Å²) in [7, 11) is 3.13. The first kappa shape index (κ1) is 15.6. The maximum atomic E-state index is 12.1. The van der Waals surface area contributed by atoms with Gasteiger partial charge in [-0.2, -0.15) is 5.10 Å². The molecule has 0 saturated carbocycles. The second-order valence-corrected chi connectivity index (χ2v) is 4.61. The molecule has 0 spiro atoms. The number of carbonyl (C=O) groups excluding carboxylic acids is 1. The van der Waals surface area contributed by atoms with E-state index in [9.17, 15) is 9.59 Å². The smallest absolute Gasteiger partial charge is 0.272 e. The van der Waals surface area contributed by atoms with Gasteiger partial charge in [0, 0.05) is 11.6 Å². The van der Waals surface area contributed by atoms with E-state index >= 15 is 0 Å². The fourth-order valence-electron chi connectivity index (χ4n) is 2.00. The van der Waals surface area contributed by atoms with Gasteiger partial charge in [0.1, 0.15) is 17.2 Å². The number of benzene rings is 1. The molecule has 116 valence electrons. The van der Waals surface area contributed by atoms with Crippen molar-refractivity contribution in [1.82, 2.24) is 15.5 Å². The largest absolute Gasteiger partial charge is 0.497 e. The van der Waals surface area contributed by atoms with Crippen LogP contribution in [0.1, 0.15) is 29.0 Å². The maximum absolute atomic E-state index is 12.1. The van der Waals surface area contributed by atoms with Gasteiger partial charge in [-0.15, -0.1) is 0 Å². The van der Waals surface area contributed by atoms with Gasteiger partial charge in [-0.1, -0.05) is 0 Å². The average molecular weight is 303 g/mol. The molecule has 7 heteroatoms. The number of hydrogen-bond acceptors (Lipinski definition) is 5. The van der Waals surface area contributed by atoms with Crippen LogP contribution in [0.15, 0.2) is 35.1 Å². The molecule has 0 aliphatic heterocycles. The summed E-state index contributed by atoms with van der Waals surface area (Å²) in [5.41, 5.74) is 0.548. The molecular weight excluding hydrogens is 286 g/mol. The van der Waals surface area contributed by atoms with Gasteiger partial charge < -0.3 is 14.8 Å². The van der Waals surface area contributed by atoms with Crippen LogP contribution < -0.4 is 20.3 Å². The lowest BCUT2D eigenvalue weighted by atomic mass is 10.1. The Balaban J connectivity index is 2.21. The van der Waals surface area contributed by atoms with E-state index in [4.69, 9.17) is 9.47 Å². The van der Waals surface area contributed by atoms with Crippen molar-refractivity contribution in [1.29, 1.82) is 0 Å². The molecule has 0 radical (unpaired) electrons. The first-order valence-electron chi connectivity index (χ1n) is 6.63. The van der Waals surface area contributed by atoms with Crippen molar-refractivity contribution in [2.75, 3.05) is 14.2 Å². The Morgan fingerprint density at radius 2 is 2.00 bits per heavy atom. The summed E-state index contributed by atoms with van der Waals surface area (Å²) in [5.74, 6) is 0.913. The molecule has 0 fully saturated rings. The van der Waals surface area contributed by atoms with Gasteiger partial charge >= 0.3 is 0 Å². The summed E-state index contributed by atoms with van der Waals surface area (Å²) in [6.07, 6.45) is 0. The molecule has 2 N–H and O–H groups in total. The van der Waals surface area contributed by atoms with Crippen molar-refractivity contribution in [3.8, 4) is 11.5 Å². The zero-order chi connectivity index (χ0) is 16.1. The van der Waals surface area contributed by atoms with Crippen molar-refractivity contribution >= 4 is 5.91 Å². The van der Waals surface area contributed by atoms with E-state index in [0.717, 1.165) is 5.56 Å². The summed E-state index contributed by atoms with van der Waals surface area (Å²) < 4.78 is 10.5. The van der Waals surface area contributed by atoms with Gasteiger partial charge in [0.05, 0.1) is 20.3 Å². The minimum absolute atomic E-state index is 0.133. The van der Waals surface area contributed by atoms with Crippen molar-refractivity contribution in [3.05, 3.63) is 51.9 Å². The molecule has 1 heterocycles. The van der Waals surface area contributed by atoms with Crippen LogP contribution in [0.5, 0.6) is 11.5 Å². The van der Waals surface area contributed by atoms with E-state index in [0.29, 0.717) is 11.5 Å². The van der Waals surface area contributed by atoms with E-state index in [1.807, 2.05) is 6.92 Å². The van der Waals surface area contributed by atoms with Crippen molar-refractivity contribution in [2.45, 2.75) is 13.0 Å². The molecule has 7 nitrogen and oxygen atoms in total. The topological polar surface area (TPSA) is 93.3 Å². The quantitative estimate of drug-likeness (QED) is 0.868. The molecule has 0 unspecified atom stereocenters. The van der Waals surface area contributed by atoms with Crippen molar-refractivity contribution in [2.24, 2.45) is 0 Å². The van der Waals surface area contributed by atoms with Crippen LogP contribution in [-0.4, -0.2) is 30.3 Å². The minimum Gasteiger partial charge on any atom is -0.497 e. The number of ether oxygens (including phenoxy) is 2. The van der Waals surface area contributed by atoms with E-state index in [-0.39, 0.29) is 17.3 Å². The highest BCUT2D eigenvalue weighted by atomic mass is 16.5. The predicted molar refractivity (Wildman–Crippen MR) is 80.3 cm³/mol. The van der Waals surface area contributed by atoms with Crippen LogP contribution >= 0.6 is 0 Å².